The Balaban J connectivity index is 1.35. The van der Waals surface area contributed by atoms with Crippen LogP contribution in [0, 0.1) is 19.7 Å². The Kier molecular flexibility index (Phi) is 6.05. The van der Waals surface area contributed by atoms with Gasteiger partial charge < -0.3 is 14.2 Å². The number of amides is 1. The van der Waals surface area contributed by atoms with Crippen LogP contribution in [0.25, 0.3) is 11.0 Å². The van der Waals surface area contributed by atoms with Crippen LogP contribution in [0.1, 0.15) is 35.7 Å². The number of halogens is 1. The van der Waals surface area contributed by atoms with Crippen molar-refractivity contribution in [2.45, 2.75) is 39.2 Å². The molecule has 1 unspecified atom stereocenters. The third kappa shape index (κ3) is 4.28. The molecule has 0 bridgehead atoms. The van der Waals surface area contributed by atoms with Crippen molar-refractivity contribution in [1.29, 1.82) is 0 Å². The third-order valence-electron chi connectivity index (χ3n) is 6.49. The molecule has 5 nitrogen and oxygen atoms in total. The zero-order valence-corrected chi connectivity index (χ0v) is 19.5. The molecule has 0 radical (unpaired) electrons. The van der Waals surface area contributed by atoms with E-state index in [2.05, 4.69) is 36.6 Å². The Hall–Kier alpha value is -3.67. The molecule has 174 valence electrons. The van der Waals surface area contributed by atoms with Gasteiger partial charge in [-0.2, -0.15) is 0 Å². The van der Waals surface area contributed by atoms with Gasteiger partial charge in [0.05, 0.1) is 17.6 Å². The molecule has 1 saturated heterocycles. The van der Waals surface area contributed by atoms with Crippen LogP contribution in [0.4, 0.5) is 10.1 Å². The fourth-order valence-corrected chi connectivity index (χ4v) is 4.82. The van der Waals surface area contributed by atoms with E-state index in [4.69, 9.17) is 9.72 Å². The van der Waals surface area contributed by atoms with Crippen LogP contribution in [-0.2, 0) is 11.3 Å². The average molecular weight is 458 g/mol. The Morgan fingerprint density at radius 3 is 2.50 bits per heavy atom. The van der Waals surface area contributed by atoms with Gasteiger partial charge in [-0.1, -0.05) is 30.3 Å². The van der Waals surface area contributed by atoms with Crippen molar-refractivity contribution in [3.05, 3.63) is 89.5 Å². The molecule has 1 amide bonds. The summed E-state index contributed by atoms with van der Waals surface area (Å²) in [7, 11) is 0. The smallest absolute Gasteiger partial charge is 0.227 e. The third-order valence-corrected chi connectivity index (χ3v) is 6.49. The zero-order chi connectivity index (χ0) is 23.7. The molecule has 0 saturated carbocycles. The summed E-state index contributed by atoms with van der Waals surface area (Å²) in [5.41, 5.74) is 5.00. The Labute approximate surface area is 198 Å². The molecule has 6 heteroatoms. The molecule has 1 aliphatic heterocycles. The number of aryl methyl sites for hydroxylation is 3. The van der Waals surface area contributed by atoms with Crippen molar-refractivity contribution < 1.29 is 13.9 Å². The number of benzene rings is 3. The molecule has 5 rings (SSSR count). The number of carbonyl (C=O) groups is 1. The molecule has 1 fully saturated rings. The molecule has 0 N–H and O–H groups in total. The van der Waals surface area contributed by atoms with Crippen LogP contribution < -0.4 is 9.64 Å². The van der Waals surface area contributed by atoms with Gasteiger partial charge in [-0.05, 0) is 67.8 Å². The highest BCUT2D eigenvalue weighted by atomic mass is 19.1. The number of anilines is 1. The van der Waals surface area contributed by atoms with E-state index < -0.39 is 0 Å². The molecule has 0 spiro atoms. The van der Waals surface area contributed by atoms with Crippen LogP contribution >= 0.6 is 0 Å². The van der Waals surface area contributed by atoms with Crippen molar-refractivity contribution >= 4 is 22.6 Å². The Bertz CT molecular complexity index is 1310. The molecule has 1 aromatic heterocycles. The van der Waals surface area contributed by atoms with Gasteiger partial charge in [0.15, 0.2) is 0 Å². The van der Waals surface area contributed by atoms with Gasteiger partial charge in [0.1, 0.15) is 17.4 Å². The topological polar surface area (TPSA) is 47.4 Å². The monoisotopic (exact) mass is 457 g/mol. The number of carbonyl (C=O) groups excluding carboxylic acids is 1. The van der Waals surface area contributed by atoms with Crippen molar-refractivity contribution in [3.8, 4) is 5.75 Å². The van der Waals surface area contributed by atoms with Gasteiger partial charge >= 0.3 is 0 Å². The number of hydrogen-bond acceptors (Lipinski definition) is 3. The maximum atomic E-state index is 13.4. The molecule has 2 heterocycles. The summed E-state index contributed by atoms with van der Waals surface area (Å²) < 4.78 is 21.7. The average Bonchev–Trinajstić information content (AvgIpc) is 3.39. The lowest BCUT2D eigenvalue weighted by Crippen LogP contribution is -2.24. The maximum Gasteiger partial charge on any atom is 0.227 e. The fourth-order valence-electron chi connectivity index (χ4n) is 4.82. The number of aromatic nitrogens is 2. The zero-order valence-electron chi connectivity index (χ0n) is 19.5. The van der Waals surface area contributed by atoms with Crippen molar-refractivity contribution in [3.63, 3.8) is 0 Å². The minimum absolute atomic E-state index is 0.0236. The van der Waals surface area contributed by atoms with Crippen LogP contribution in [-0.4, -0.2) is 28.6 Å². The lowest BCUT2D eigenvalue weighted by molar-refractivity contribution is -0.117. The summed E-state index contributed by atoms with van der Waals surface area (Å²) in [6.07, 6.45) is 1.21. The molecular weight excluding hydrogens is 429 g/mol. The van der Waals surface area contributed by atoms with Gasteiger partial charge in [0, 0.05) is 31.1 Å². The number of fused-ring (bicyclic) bond motifs is 1. The van der Waals surface area contributed by atoms with E-state index in [1.54, 1.807) is 17.0 Å². The highest BCUT2D eigenvalue weighted by molar-refractivity contribution is 5.96. The second-order valence-corrected chi connectivity index (χ2v) is 8.92. The summed E-state index contributed by atoms with van der Waals surface area (Å²) in [5.74, 6) is 1.58. The van der Waals surface area contributed by atoms with Crippen LogP contribution in [0.2, 0.25) is 0 Å². The van der Waals surface area contributed by atoms with Crippen LogP contribution in [0.5, 0.6) is 5.75 Å². The minimum Gasteiger partial charge on any atom is -0.493 e. The first kappa shape index (κ1) is 22.1. The molecule has 34 heavy (non-hydrogen) atoms. The molecule has 0 aliphatic carbocycles. The van der Waals surface area contributed by atoms with E-state index in [0.29, 0.717) is 19.6 Å². The van der Waals surface area contributed by atoms with Gasteiger partial charge in [-0.3, -0.25) is 4.79 Å². The molecular formula is C28H28FN3O2. The van der Waals surface area contributed by atoms with Gasteiger partial charge in [-0.25, -0.2) is 9.37 Å². The standard InChI is InChI=1S/C28H28FN3O2/c1-19-7-5-8-20(2)27(19)34-16-6-15-31-25-10-4-3-9-24(25)30-28(31)21-17-26(33)32(18-21)23-13-11-22(29)12-14-23/h3-5,7-14,21H,6,15-18H2,1-2H3. The first-order chi connectivity index (χ1) is 16.5. The largest absolute Gasteiger partial charge is 0.493 e. The fraction of sp³-hybridized carbons (Fsp3) is 0.286. The number of ether oxygens (including phenoxy) is 1. The van der Waals surface area contributed by atoms with E-state index in [-0.39, 0.29) is 17.6 Å². The van der Waals surface area contributed by atoms with Crippen molar-refractivity contribution in [2.24, 2.45) is 0 Å². The van der Waals surface area contributed by atoms with Crippen LogP contribution in [0.3, 0.4) is 0 Å². The lowest BCUT2D eigenvalue weighted by atomic mass is 10.1. The van der Waals surface area contributed by atoms with Gasteiger partial charge in [-0.15, -0.1) is 0 Å². The number of nitrogens with zero attached hydrogens (tertiary/aromatic N) is 3. The minimum atomic E-state index is -0.308. The summed E-state index contributed by atoms with van der Waals surface area (Å²) in [5, 5.41) is 0. The summed E-state index contributed by atoms with van der Waals surface area (Å²) >= 11 is 0. The second-order valence-electron chi connectivity index (χ2n) is 8.92. The number of rotatable bonds is 7. The Morgan fingerprint density at radius 2 is 1.74 bits per heavy atom. The lowest BCUT2D eigenvalue weighted by Gasteiger charge is -2.18. The summed E-state index contributed by atoms with van der Waals surface area (Å²) in [4.78, 5) is 19.5. The van der Waals surface area contributed by atoms with E-state index in [1.807, 2.05) is 24.3 Å². The van der Waals surface area contributed by atoms with E-state index in [0.717, 1.165) is 52.4 Å². The van der Waals surface area contributed by atoms with Crippen molar-refractivity contribution in [2.75, 3.05) is 18.1 Å². The summed E-state index contributed by atoms with van der Waals surface area (Å²) in [6, 6.07) is 20.3. The Morgan fingerprint density at radius 1 is 1.00 bits per heavy atom. The van der Waals surface area contributed by atoms with Gasteiger partial charge in [0.25, 0.3) is 0 Å². The molecule has 1 atom stereocenters. The van der Waals surface area contributed by atoms with E-state index >= 15 is 0 Å². The maximum absolute atomic E-state index is 13.4. The van der Waals surface area contributed by atoms with Crippen molar-refractivity contribution in [1.82, 2.24) is 9.55 Å². The van der Waals surface area contributed by atoms with Gasteiger partial charge in [0.2, 0.25) is 5.91 Å². The van der Waals surface area contributed by atoms with E-state index in [1.165, 1.54) is 12.1 Å². The quantitative estimate of drug-likeness (QED) is 0.331. The number of imidazole rings is 1. The SMILES string of the molecule is Cc1cccc(C)c1OCCCn1c(C2CC(=O)N(c3ccc(F)cc3)C2)nc2ccccc21. The number of para-hydroxylation sites is 3. The highest BCUT2D eigenvalue weighted by Crippen LogP contribution is 2.33. The normalized spacial score (nSPS) is 15.9. The molecule has 1 aliphatic rings. The predicted octanol–water partition coefficient (Wildman–Crippen LogP) is 5.78. The summed E-state index contributed by atoms with van der Waals surface area (Å²) in [6.45, 7) is 6.01. The molecule has 3 aromatic carbocycles. The second kappa shape index (κ2) is 9.29. The predicted molar refractivity (Wildman–Crippen MR) is 132 cm³/mol. The highest BCUT2D eigenvalue weighted by Gasteiger charge is 2.34. The first-order valence-electron chi connectivity index (χ1n) is 11.7. The number of hydrogen-bond donors (Lipinski definition) is 0. The van der Waals surface area contributed by atoms with Crippen LogP contribution in [0.15, 0.2) is 66.7 Å². The first-order valence-corrected chi connectivity index (χ1v) is 11.7. The van der Waals surface area contributed by atoms with E-state index in [9.17, 15) is 9.18 Å². The molecule has 4 aromatic rings.